The van der Waals surface area contributed by atoms with Gasteiger partial charge in [0.15, 0.2) is 0 Å². The molecular weight excluding hydrogens is 485 g/mol. The van der Waals surface area contributed by atoms with Gasteiger partial charge >= 0.3 is 0 Å². The number of rotatable bonds is 30. The van der Waals surface area contributed by atoms with Gasteiger partial charge in [-0.15, -0.1) is 0 Å². The molecule has 0 amide bonds. The molecule has 0 atom stereocenters. The van der Waals surface area contributed by atoms with E-state index in [-0.39, 0.29) is 0 Å². The van der Waals surface area contributed by atoms with Crippen molar-refractivity contribution in [2.75, 3.05) is 0 Å². The third-order valence-electron chi connectivity index (χ3n) is 9.41. The van der Waals surface area contributed by atoms with Crippen molar-refractivity contribution in [1.82, 2.24) is 0 Å². The van der Waals surface area contributed by atoms with Gasteiger partial charge in [-0.2, -0.15) is 0 Å². The monoisotopic (exact) mass is 557 g/mol. The van der Waals surface area contributed by atoms with Crippen LogP contribution in [-0.2, 0) is 0 Å². The van der Waals surface area contributed by atoms with Crippen molar-refractivity contribution in [2.24, 2.45) is 0 Å². The molecule has 39 heavy (non-hydrogen) atoms. The average Bonchev–Trinajstić information content (AvgIpc) is 2.97. The van der Waals surface area contributed by atoms with Gasteiger partial charge in [0.2, 0.25) is 0 Å². The normalized spacial score (nSPS) is 11.9. The Morgan fingerprint density at radius 3 is 0.872 bits per heavy atom. The van der Waals surface area contributed by atoms with Crippen LogP contribution in [0.3, 0.4) is 0 Å². The first-order valence-corrected chi connectivity index (χ1v) is 21.0. The Bertz CT molecular complexity index is 570. The number of benzene rings is 1. The van der Waals surface area contributed by atoms with Gasteiger partial charge in [0, 0.05) is 0 Å². The second kappa shape index (κ2) is 27.6. The maximum atomic E-state index is 2.54. The molecule has 0 fully saturated rings. The Morgan fingerprint density at radius 1 is 0.333 bits per heavy atom. The molecule has 1 aromatic carbocycles. The van der Waals surface area contributed by atoms with E-state index in [0.717, 1.165) is 0 Å². The first kappa shape index (κ1) is 36.5. The van der Waals surface area contributed by atoms with Gasteiger partial charge in [-0.05, 0) is 0 Å². The third kappa shape index (κ3) is 20.0. The molecule has 0 heterocycles. The van der Waals surface area contributed by atoms with Crippen LogP contribution in [0.4, 0.5) is 0 Å². The molecule has 0 saturated carbocycles. The van der Waals surface area contributed by atoms with Gasteiger partial charge in [0.05, 0.1) is 8.07 Å². The Hall–Kier alpha value is -0.563. The van der Waals surface area contributed by atoms with Crippen LogP contribution in [0.1, 0.15) is 188 Å². The number of hydrogen-bond acceptors (Lipinski definition) is 0. The van der Waals surface area contributed by atoms with Crippen molar-refractivity contribution in [2.45, 2.75) is 206 Å². The predicted molar refractivity (Wildman–Crippen MR) is 183 cm³/mol. The van der Waals surface area contributed by atoms with E-state index in [1.54, 1.807) is 23.3 Å². The van der Waals surface area contributed by atoms with E-state index in [1.807, 2.05) is 0 Å². The molecule has 228 valence electrons. The molecule has 0 aromatic heterocycles. The zero-order chi connectivity index (χ0) is 28.1. The smallest absolute Gasteiger partial charge is 0.0654 e. The quantitative estimate of drug-likeness (QED) is 0.0652. The van der Waals surface area contributed by atoms with Crippen molar-refractivity contribution in [3.63, 3.8) is 0 Å². The second-order valence-electron chi connectivity index (χ2n) is 13.0. The summed E-state index contributed by atoms with van der Waals surface area (Å²) in [6, 6.07) is 16.7. The molecule has 1 heteroatoms. The lowest BCUT2D eigenvalue weighted by Crippen LogP contribution is -2.47. The van der Waals surface area contributed by atoms with Gasteiger partial charge in [0.1, 0.15) is 0 Å². The Labute approximate surface area is 248 Å². The van der Waals surface area contributed by atoms with Crippen LogP contribution >= 0.6 is 0 Å². The zero-order valence-electron chi connectivity index (χ0n) is 27.4. The SMILES string of the molecule is CCCCCCCCCCCC[Si](CCCCCCCC)(CCCCCCCCCCCC)c1ccccc1. The minimum atomic E-state index is -1.42. The molecule has 0 N–H and O–H groups in total. The van der Waals surface area contributed by atoms with Gasteiger partial charge in [-0.25, -0.2) is 0 Å². The minimum absolute atomic E-state index is 1.36. The lowest BCUT2D eigenvalue weighted by Gasteiger charge is -2.33. The Kier molecular flexibility index (Phi) is 25.8. The van der Waals surface area contributed by atoms with E-state index < -0.39 is 8.07 Å². The highest BCUT2D eigenvalue weighted by Crippen LogP contribution is 2.30. The first-order chi connectivity index (χ1) is 19.3. The lowest BCUT2D eigenvalue weighted by molar-refractivity contribution is 0.558. The van der Waals surface area contributed by atoms with Crippen LogP contribution in [-0.4, -0.2) is 8.07 Å². The van der Waals surface area contributed by atoms with Crippen molar-refractivity contribution < 1.29 is 0 Å². The van der Waals surface area contributed by atoms with Crippen molar-refractivity contribution in [1.29, 1.82) is 0 Å². The summed E-state index contributed by atoms with van der Waals surface area (Å²) < 4.78 is 0. The fraction of sp³-hybridized carbons (Fsp3) is 0.842. The van der Waals surface area contributed by atoms with Gasteiger partial charge in [-0.3, -0.25) is 0 Å². The molecule has 0 aliphatic rings. The Morgan fingerprint density at radius 2 is 0.590 bits per heavy atom. The molecule has 0 unspecified atom stereocenters. The second-order valence-corrected chi connectivity index (χ2v) is 17.7. The van der Waals surface area contributed by atoms with Gasteiger partial charge in [-0.1, -0.05) is 241 Å². The number of unbranched alkanes of at least 4 members (excludes halogenated alkanes) is 23. The summed E-state index contributed by atoms with van der Waals surface area (Å²) >= 11 is 0. The van der Waals surface area contributed by atoms with E-state index in [4.69, 9.17) is 0 Å². The lowest BCUT2D eigenvalue weighted by atomic mass is 10.1. The standard InChI is InChI=1S/C38H72Si/c1-4-7-10-13-16-18-20-22-25-31-36-39(38-33-28-27-29-34-38,35-30-24-15-12-9-6-3)37-32-26-23-21-19-17-14-11-8-5-2/h27-29,33-34H,4-26,30-32,35-37H2,1-3H3. The summed E-state index contributed by atoms with van der Waals surface area (Å²) in [7, 11) is -1.42. The molecule has 0 aliphatic carbocycles. The third-order valence-corrected chi connectivity index (χ3v) is 14.9. The fourth-order valence-electron chi connectivity index (χ4n) is 6.75. The highest BCUT2D eigenvalue weighted by Gasteiger charge is 2.33. The van der Waals surface area contributed by atoms with Crippen LogP contribution in [0.5, 0.6) is 0 Å². The summed E-state index contributed by atoms with van der Waals surface area (Å²) in [6.07, 6.45) is 37.8. The molecular formula is C38H72Si. The molecule has 0 saturated heterocycles. The topological polar surface area (TPSA) is 0 Å². The van der Waals surface area contributed by atoms with Gasteiger partial charge < -0.3 is 0 Å². The summed E-state index contributed by atoms with van der Waals surface area (Å²) in [5.74, 6) is 0. The molecule has 0 aliphatic heterocycles. The van der Waals surface area contributed by atoms with E-state index in [2.05, 4.69) is 51.1 Å². The van der Waals surface area contributed by atoms with Crippen molar-refractivity contribution >= 4 is 13.3 Å². The molecule has 0 bridgehead atoms. The first-order valence-electron chi connectivity index (χ1n) is 18.3. The molecule has 0 radical (unpaired) electrons. The van der Waals surface area contributed by atoms with E-state index in [1.165, 1.54) is 167 Å². The fourth-order valence-corrected chi connectivity index (χ4v) is 12.0. The molecule has 0 nitrogen and oxygen atoms in total. The van der Waals surface area contributed by atoms with E-state index >= 15 is 0 Å². The highest BCUT2D eigenvalue weighted by molar-refractivity contribution is 6.91. The van der Waals surface area contributed by atoms with Gasteiger partial charge in [0.25, 0.3) is 0 Å². The summed E-state index contributed by atoms with van der Waals surface area (Å²) in [6.45, 7) is 6.98. The van der Waals surface area contributed by atoms with Crippen LogP contribution in [0, 0.1) is 0 Å². The average molecular weight is 557 g/mol. The van der Waals surface area contributed by atoms with E-state index in [9.17, 15) is 0 Å². The highest BCUT2D eigenvalue weighted by atomic mass is 28.3. The van der Waals surface area contributed by atoms with Crippen LogP contribution in [0.25, 0.3) is 0 Å². The maximum absolute atomic E-state index is 2.54. The van der Waals surface area contributed by atoms with Crippen molar-refractivity contribution in [3.8, 4) is 0 Å². The summed E-state index contributed by atoms with van der Waals surface area (Å²) in [5, 5.41) is 1.80. The largest absolute Gasteiger partial charge is 0.0867 e. The molecule has 1 rings (SSSR count). The van der Waals surface area contributed by atoms with Crippen LogP contribution in [0.15, 0.2) is 30.3 Å². The van der Waals surface area contributed by atoms with Crippen LogP contribution in [0.2, 0.25) is 18.1 Å². The number of hydrogen-bond donors (Lipinski definition) is 0. The predicted octanol–water partition coefficient (Wildman–Crippen LogP) is 13.5. The minimum Gasteiger partial charge on any atom is -0.0654 e. The van der Waals surface area contributed by atoms with E-state index in [0.29, 0.717) is 0 Å². The summed E-state index contributed by atoms with van der Waals surface area (Å²) in [4.78, 5) is 0. The molecule has 0 spiro atoms. The zero-order valence-corrected chi connectivity index (χ0v) is 28.4. The summed E-state index contributed by atoms with van der Waals surface area (Å²) in [5.41, 5.74) is 0. The van der Waals surface area contributed by atoms with Crippen LogP contribution < -0.4 is 5.19 Å². The maximum Gasteiger partial charge on any atom is 0.0867 e. The Balaban J connectivity index is 2.56. The van der Waals surface area contributed by atoms with Crippen molar-refractivity contribution in [3.05, 3.63) is 30.3 Å². The molecule has 1 aromatic rings.